The third-order valence-electron chi connectivity index (χ3n) is 10.5. The maximum Gasteiger partial charge on any atom is 0.331 e. The summed E-state index contributed by atoms with van der Waals surface area (Å²) in [7, 11) is 0. The third kappa shape index (κ3) is 2.77. The SMILES string of the molecule is CC(=O)O[C@@H]1C[C@H]2[C@@H]3CC[C@](O)(C4=CC(=O)OC4)[C@@]3(C)CC[C@@H]2[C@@]2(C)CC[C@H](O)C[C@]12O. The summed E-state index contributed by atoms with van der Waals surface area (Å²) in [4.78, 5) is 23.7. The molecule has 1 heterocycles. The predicted octanol–water partition coefficient (Wildman–Crippen LogP) is 2.26. The minimum absolute atomic E-state index is 0.150. The second-order valence-electron chi connectivity index (χ2n) is 11.6. The second-order valence-corrected chi connectivity index (χ2v) is 11.6. The van der Waals surface area contributed by atoms with Gasteiger partial charge in [-0.25, -0.2) is 4.79 Å². The zero-order valence-electron chi connectivity index (χ0n) is 19.3. The van der Waals surface area contributed by atoms with Gasteiger partial charge in [0.15, 0.2) is 0 Å². The molecule has 5 aliphatic rings. The van der Waals surface area contributed by atoms with Gasteiger partial charge in [0.2, 0.25) is 0 Å². The summed E-state index contributed by atoms with van der Waals surface area (Å²) in [5.74, 6) is -0.208. The highest BCUT2D eigenvalue weighted by Crippen LogP contribution is 2.70. The molecule has 178 valence electrons. The van der Waals surface area contributed by atoms with E-state index in [1.807, 2.05) is 0 Å². The van der Waals surface area contributed by atoms with Crippen molar-refractivity contribution in [3.8, 4) is 0 Å². The highest BCUT2D eigenvalue weighted by molar-refractivity contribution is 5.85. The average Bonchev–Trinajstić information content (AvgIpc) is 3.26. The fraction of sp³-hybridized carbons (Fsp3) is 0.840. The molecule has 0 saturated heterocycles. The van der Waals surface area contributed by atoms with Gasteiger partial charge in [0.05, 0.1) is 11.7 Å². The van der Waals surface area contributed by atoms with Crippen LogP contribution in [0, 0.1) is 28.6 Å². The van der Waals surface area contributed by atoms with Crippen molar-refractivity contribution in [1.82, 2.24) is 0 Å². The first kappa shape index (κ1) is 22.4. The largest absolute Gasteiger partial charge is 0.459 e. The monoisotopic (exact) mass is 448 g/mol. The van der Waals surface area contributed by atoms with E-state index in [2.05, 4.69) is 13.8 Å². The summed E-state index contributed by atoms with van der Waals surface area (Å²) in [6.45, 7) is 5.77. The van der Waals surface area contributed by atoms with Crippen molar-refractivity contribution in [2.24, 2.45) is 28.6 Å². The number of hydrogen-bond acceptors (Lipinski definition) is 7. The molecule has 32 heavy (non-hydrogen) atoms. The van der Waals surface area contributed by atoms with Crippen molar-refractivity contribution >= 4 is 11.9 Å². The standard InChI is InChI=1S/C25H36O7/c1-14(26)32-20-11-17-18(23(3)7-4-16(27)12-25(20,23)30)5-8-22(2)19(17)6-9-24(22,29)15-10-21(28)31-13-15/h10,16-20,27,29-30H,4-9,11-13H2,1-3H3/t16-,17+,18-,19-,20+,22-,23+,24-,25-/m0/s1. The summed E-state index contributed by atoms with van der Waals surface area (Å²) >= 11 is 0. The lowest BCUT2D eigenvalue weighted by molar-refractivity contribution is -0.272. The van der Waals surface area contributed by atoms with E-state index in [0.29, 0.717) is 31.3 Å². The minimum atomic E-state index is -1.26. The van der Waals surface area contributed by atoms with Crippen LogP contribution in [-0.2, 0) is 19.1 Å². The number of carbonyl (C=O) groups excluding carboxylic acids is 2. The first-order chi connectivity index (χ1) is 14.9. The topological polar surface area (TPSA) is 113 Å². The average molecular weight is 449 g/mol. The van der Waals surface area contributed by atoms with Gasteiger partial charge in [0.25, 0.3) is 0 Å². The molecule has 0 spiro atoms. The Bertz CT molecular complexity index is 868. The van der Waals surface area contributed by atoms with Gasteiger partial charge in [0.1, 0.15) is 18.3 Å². The second kappa shape index (κ2) is 7.03. The fourth-order valence-corrected chi connectivity index (χ4v) is 8.74. The fourth-order valence-electron chi connectivity index (χ4n) is 8.74. The Morgan fingerprint density at radius 2 is 1.75 bits per heavy atom. The van der Waals surface area contributed by atoms with Gasteiger partial charge < -0.3 is 24.8 Å². The number of hydrogen-bond donors (Lipinski definition) is 3. The molecule has 0 aromatic rings. The van der Waals surface area contributed by atoms with Crippen molar-refractivity contribution in [2.45, 2.75) is 95.5 Å². The molecule has 1 aliphatic heterocycles. The Hall–Kier alpha value is -1.44. The Morgan fingerprint density at radius 3 is 2.41 bits per heavy atom. The van der Waals surface area contributed by atoms with Crippen LogP contribution in [0.2, 0.25) is 0 Å². The van der Waals surface area contributed by atoms with Crippen LogP contribution >= 0.6 is 0 Å². The van der Waals surface area contributed by atoms with Gasteiger partial charge in [-0.05, 0) is 62.7 Å². The summed E-state index contributed by atoms with van der Waals surface area (Å²) in [5.41, 5.74) is -2.53. The van der Waals surface area contributed by atoms with E-state index < -0.39 is 40.2 Å². The van der Waals surface area contributed by atoms with E-state index in [1.54, 1.807) is 0 Å². The van der Waals surface area contributed by atoms with Gasteiger partial charge in [-0.2, -0.15) is 0 Å². The molecule has 7 nitrogen and oxygen atoms in total. The highest BCUT2D eigenvalue weighted by atomic mass is 16.6. The summed E-state index contributed by atoms with van der Waals surface area (Å²) < 4.78 is 10.9. The molecule has 0 aromatic carbocycles. The van der Waals surface area contributed by atoms with Gasteiger partial charge in [-0.1, -0.05) is 13.8 Å². The zero-order chi connectivity index (χ0) is 23.1. The molecule has 9 atom stereocenters. The first-order valence-corrected chi connectivity index (χ1v) is 12.1. The molecule has 0 amide bonds. The van der Waals surface area contributed by atoms with Crippen molar-refractivity contribution in [2.75, 3.05) is 6.61 Å². The van der Waals surface area contributed by atoms with Crippen LogP contribution in [0.1, 0.15) is 72.1 Å². The first-order valence-electron chi connectivity index (χ1n) is 12.1. The number of aliphatic hydroxyl groups is 3. The molecule has 5 rings (SSSR count). The Kier molecular flexibility index (Phi) is 4.91. The van der Waals surface area contributed by atoms with Gasteiger partial charge in [-0.3, -0.25) is 4.79 Å². The third-order valence-corrected chi connectivity index (χ3v) is 10.5. The Morgan fingerprint density at radius 1 is 1.09 bits per heavy atom. The van der Waals surface area contributed by atoms with Gasteiger partial charge in [-0.15, -0.1) is 0 Å². The number of rotatable bonds is 2. The summed E-state index contributed by atoms with van der Waals surface area (Å²) in [5, 5.41) is 34.2. The summed E-state index contributed by atoms with van der Waals surface area (Å²) in [6, 6.07) is 0. The lowest BCUT2D eigenvalue weighted by Crippen LogP contribution is -2.69. The maximum atomic E-state index is 12.0. The number of aliphatic hydroxyl groups excluding tert-OH is 1. The van der Waals surface area contributed by atoms with Crippen LogP contribution in [0.4, 0.5) is 0 Å². The van der Waals surface area contributed by atoms with Gasteiger partial charge >= 0.3 is 11.9 Å². The number of ether oxygens (including phenoxy) is 2. The number of carbonyl (C=O) groups is 2. The zero-order valence-corrected chi connectivity index (χ0v) is 19.3. The molecule has 4 saturated carbocycles. The summed E-state index contributed by atoms with van der Waals surface area (Å²) in [6.07, 6.45) is 5.32. The molecular weight excluding hydrogens is 412 g/mol. The quantitative estimate of drug-likeness (QED) is 0.555. The van der Waals surface area contributed by atoms with E-state index in [0.717, 1.165) is 19.3 Å². The van der Waals surface area contributed by atoms with Crippen molar-refractivity contribution in [3.05, 3.63) is 11.6 Å². The van der Waals surface area contributed by atoms with Crippen LogP contribution in [0.15, 0.2) is 11.6 Å². The van der Waals surface area contributed by atoms with Crippen LogP contribution in [-0.4, -0.2) is 57.3 Å². The Balaban J connectivity index is 1.53. The van der Waals surface area contributed by atoms with Gasteiger partial charge in [0, 0.05) is 35.8 Å². The van der Waals surface area contributed by atoms with Crippen LogP contribution < -0.4 is 0 Å². The molecule has 0 aromatic heterocycles. The van der Waals surface area contributed by atoms with Crippen LogP contribution in [0.25, 0.3) is 0 Å². The van der Waals surface area contributed by atoms with E-state index >= 15 is 0 Å². The van der Waals surface area contributed by atoms with Crippen LogP contribution in [0.5, 0.6) is 0 Å². The molecule has 4 aliphatic carbocycles. The molecule has 0 radical (unpaired) electrons. The van der Waals surface area contributed by atoms with E-state index in [4.69, 9.17) is 9.47 Å². The van der Waals surface area contributed by atoms with Crippen LogP contribution in [0.3, 0.4) is 0 Å². The normalized spacial score (nSPS) is 52.4. The van der Waals surface area contributed by atoms with Crippen molar-refractivity contribution in [1.29, 1.82) is 0 Å². The Labute approximate surface area is 189 Å². The van der Waals surface area contributed by atoms with E-state index in [1.165, 1.54) is 13.0 Å². The lowest BCUT2D eigenvalue weighted by Gasteiger charge is -2.65. The molecule has 3 N–H and O–H groups in total. The predicted molar refractivity (Wildman–Crippen MR) is 114 cm³/mol. The van der Waals surface area contributed by atoms with E-state index in [-0.39, 0.29) is 36.8 Å². The number of fused-ring (bicyclic) bond motifs is 5. The molecule has 0 unspecified atom stereocenters. The number of esters is 2. The minimum Gasteiger partial charge on any atom is -0.459 e. The molecule has 4 fully saturated rings. The van der Waals surface area contributed by atoms with Crippen molar-refractivity contribution < 1.29 is 34.4 Å². The lowest BCUT2D eigenvalue weighted by atomic mass is 9.42. The number of cyclic esters (lactones) is 1. The van der Waals surface area contributed by atoms with E-state index in [9.17, 15) is 24.9 Å². The highest BCUT2D eigenvalue weighted by Gasteiger charge is 2.70. The smallest absolute Gasteiger partial charge is 0.331 e. The molecular formula is C25H36O7. The van der Waals surface area contributed by atoms with Crippen molar-refractivity contribution in [3.63, 3.8) is 0 Å². The molecule has 0 bridgehead atoms. The maximum absolute atomic E-state index is 12.0. The molecule has 7 heteroatoms.